The maximum atomic E-state index is 3.94. The minimum atomic E-state index is 1.00. The fourth-order valence-electron chi connectivity index (χ4n) is 0.549. The SMILES string of the molecule is C=CN1CCC=N1. The van der Waals surface area contributed by atoms with E-state index >= 15 is 0 Å². The van der Waals surface area contributed by atoms with Gasteiger partial charge in [-0.25, -0.2) is 0 Å². The van der Waals surface area contributed by atoms with Crippen molar-refractivity contribution in [3.63, 3.8) is 0 Å². The molecule has 1 rings (SSSR count). The van der Waals surface area contributed by atoms with Crippen LogP contribution in [0.1, 0.15) is 6.42 Å². The summed E-state index contributed by atoms with van der Waals surface area (Å²) >= 11 is 0. The van der Waals surface area contributed by atoms with Crippen LogP contribution >= 0.6 is 0 Å². The fourth-order valence-corrected chi connectivity index (χ4v) is 0.549. The van der Waals surface area contributed by atoms with E-state index < -0.39 is 0 Å². The standard InChI is InChI=1S/C5H8N2/c1-2-7-5-3-4-6-7/h2,4H,1,3,5H2. The Kier molecular flexibility index (Phi) is 1.11. The number of hydrogen-bond acceptors (Lipinski definition) is 2. The molecular formula is C5H8N2. The maximum Gasteiger partial charge on any atom is 0.0458 e. The first kappa shape index (κ1) is 4.37. The molecule has 38 valence electrons. The molecular weight excluding hydrogens is 88.1 g/mol. The monoisotopic (exact) mass is 96.1 g/mol. The summed E-state index contributed by atoms with van der Waals surface area (Å²) in [5, 5.41) is 5.76. The van der Waals surface area contributed by atoms with E-state index in [1.807, 2.05) is 11.2 Å². The van der Waals surface area contributed by atoms with Crippen molar-refractivity contribution >= 4 is 6.21 Å². The maximum absolute atomic E-state index is 3.94. The lowest BCUT2D eigenvalue weighted by molar-refractivity contribution is 0.443. The van der Waals surface area contributed by atoms with E-state index in [0.29, 0.717) is 0 Å². The quantitative estimate of drug-likeness (QED) is 0.472. The van der Waals surface area contributed by atoms with Gasteiger partial charge in [-0.05, 0) is 0 Å². The van der Waals surface area contributed by atoms with Gasteiger partial charge in [0.15, 0.2) is 0 Å². The topological polar surface area (TPSA) is 15.6 Å². The van der Waals surface area contributed by atoms with Crippen molar-refractivity contribution in [1.29, 1.82) is 0 Å². The molecule has 0 aliphatic carbocycles. The third-order valence-corrected chi connectivity index (χ3v) is 0.928. The van der Waals surface area contributed by atoms with Crippen LogP contribution in [0, 0.1) is 0 Å². The first-order valence-corrected chi connectivity index (χ1v) is 2.35. The molecule has 0 unspecified atom stereocenters. The van der Waals surface area contributed by atoms with Crippen LogP contribution in [0.2, 0.25) is 0 Å². The van der Waals surface area contributed by atoms with E-state index in [1.54, 1.807) is 6.20 Å². The number of hydrogen-bond donors (Lipinski definition) is 0. The molecule has 0 radical (unpaired) electrons. The number of rotatable bonds is 1. The number of hydrazone groups is 1. The lowest BCUT2D eigenvalue weighted by Crippen LogP contribution is -2.02. The van der Waals surface area contributed by atoms with E-state index in [4.69, 9.17) is 0 Å². The van der Waals surface area contributed by atoms with Crippen LogP contribution in [0.15, 0.2) is 17.9 Å². The summed E-state index contributed by atoms with van der Waals surface area (Å²) < 4.78 is 0. The molecule has 0 aromatic carbocycles. The minimum Gasteiger partial charge on any atom is -0.273 e. The Morgan fingerprint density at radius 2 is 2.71 bits per heavy atom. The molecule has 0 bridgehead atoms. The van der Waals surface area contributed by atoms with Gasteiger partial charge in [-0.1, -0.05) is 6.58 Å². The lowest BCUT2D eigenvalue weighted by Gasteiger charge is -2.02. The van der Waals surface area contributed by atoms with Crippen LogP contribution in [0.3, 0.4) is 0 Å². The van der Waals surface area contributed by atoms with Crippen LogP contribution in [-0.4, -0.2) is 17.8 Å². The molecule has 0 saturated carbocycles. The zero-order chi connectivity index (χ0) is 5.11. The normalized spacial score (nSPS) is 18.0. The summed E-state index contributed by atoms with van der Waals surface area (Å²) in [6, 6.07) is 0. The third kappa shape index (κ3) is 0.796. The van der Waals surface area contributed by atoms with Gasteiger partial charge in [-0.2, -0.15) is 5.10 Å². The van der Waals surface area contributed by atoms with Crippen LogP contribution in [0.4, 0.5) is 0 Å². The highest BCUT2D eigenvalue weighted by molar-refractivity contribution is 5.58. The van der Waals surface area contributed by atoms with Gasteiger partial charge >= 0.3 is 0 Å². The minimum absolute atomic E-state index is 1.00. The second kappa shape index (κ2) is 1.78. The zero-order valence-corrected chi connectivity index (χ0v) is 4.17. The Balaban J connectivity index is 2.42. The van der Waals surface area contributed by atoms with Gasteiger partial charge in [-0.3, -0.25) is 5.01 Å². The molecule has 0 amide bonds. The first-order valence-electron chi connectivity index (χ1n) is 2.35. The van der Waals surface area contributed by atoms with Crippen molar-refractivity contribution in [3.05, 3.63) is 12.8 Å². The van der Waals surface area contributed by atoms with Crippen molar-refractivity contribution in [2.75, 3.05) is 6.54 Å². The van der Waals surface area contributed by atoms with Gasteiger partial charge < -0.3 is 0 Å². The average Bonchev–Trinajstić information content (AvgIpc) is 2.14. The van der Waals surface area contributed by atoms with E-state index in [1.165, 1.54) is 0 Å². The summed E-state index contributed by atoms with van der Waals surface area (Å²) in [5.41, 5.74) is 0. The zero-order valence-electron chi connectivity index (χ0n) is 4.17. The Labute approximate surface area is 43.1 Å². The van der Waals surface area contributed by atoms with Crippen LogP contribution in [0.25, 0.3) is 0 Å². The predicted octanol–water partition coefficient (Wildman–Crippen LogP) is 0.821. The Morgan fingerprint density at radius 3 is 3.00 bits per heavy atom. The highest BCUT2D eigenvalue weighted by Crippen LogP contribution is 1.97. The largest absolute Gasteiger partial charge is 0.273 e. The molecule has 1 aliphatic heterocycles. The highest BCUT2D eigenvalue weighted by atomic mass is 15.4. The molecule has 7 heavy (non-hydrogen) atoms. The van der Waals surface area contributed by atoms with Crippen molar-refractivity contribution < 1.29 is 0 Å². The van der Waals surface area contributed by atoms with Gasteiger partial charge in [0.25, 0.3) is 0 Å². The van der Waals surface area contributed by atoms with Crippen LogP contribution in [0.5, 0.6) is 0 Å². The van der Waals surface area contributed by atoms with Crippen molar-refractivity contribution in [3.8, 4) is 0 Å². The van der Waals surface area contributed by atoms with Crippen molar-refractivity contribution in [2.45, 2.75) is 6.42 Å². The molecule has 1 aliphatic rings. The highest BCUT2D eigenvalue weighted by Gasteiger charge is 1.97. The summed E-state index contributed by atoms with van der Waals surface area (Å²) in [6.07, 6.45) is 4.68. The van der Waals surface area contributed by atoms with Crippen LogP contribution < -0.4 is 0 Å². The third-order valence-electron chi connectivity index (χ3n) is 0.928. The molecule has 0 N–H and O–H groups in total. The average molecular weight is 96.1 g/mol. The van der Waals surface area contributed by atoms with E-state index in [-0.39, 0.29) is 0 Å². The second-order valence-electron chi connectivity index (χ2n) is 1.43. The molecule has 0 fully saturated rings. The Morgan fingerprint density at radius 1 is 1.86 bits per heavy atom. The molecule has 1 heterocycles. The number of nitrogens with zero attached hydrogens (tertiary/aromatic N) is 2. The molecule has 0 aromatic rings. The van der Waals surface area contributed by atoms with Gasteiger partial charge in [0.1, 0.15) is 0 Å². The predicted molar refractivity (Wildman–Crippen MR) is 30.0 cm³/mol. The summed E-state index contributed by atoms with van der Waals surface area (Å²) in [5.74, 6) is 0. The molecule has 0 aromatic heterocycles. The van der Waals surface area contributed by atoms with Crippen molar-refractivity contribution in [2.24, 2.45) is 5.10 Å². The molecule has 2 nitrogen and oxygen atoms in total. The van der Waals surface area contributed by atoms with E-state index in [9.17, 15) is 0 Å². The van der Waals surface area contributed by atoms with Gasteiger partial charge in [0.2, 0.25) is 0 Å². The molecule has 2 heteroatoms. The van der Waals surface area contributed by atoms with Gasteiger partial charge in [0, 0.05) is 25.4 Å². The second-order valence-corrected chi connectivity index (χ2v) is 1.43. The van der Waals surface area contributed by atoms with Crippen LogP contribution in [-0.2, 0) is 0 Å². The fraction of sp³-hybridized carbons (Fsp3) is 0.400. The van der Waals surface area contributed by atoms with Gasteiger partial charge in [0.05, 0.1) is 0 Å². The van der Waals surface area contributed by atoms with Gasteiger partial charge in [-0.15, -0.1) is 0 Å². The molecule has 0 atom stereocenters. The summed E-state index contributed by atoms with van der Waals surface area (Å²) in [4.78, 5) is 0. The van der Waals surface area contributed by atoms with Crippen molar-refractivity contribution in [1.82, 2.24) is 5.01 Å². The summed E-state index contributed by atoms with van der Waals surface area (Å²) in [6.45, 7) is 4.56. The molecule has 0 spiro atoms. The Bertz CT molecular complexity index is 96.3. The Hall–Kier alpha value is -0.790. The lowest BCUT2D eigenvalue weighted by atomic mass is 10.5. The van der Waals surface area contributed by atoms with E-state index in [0.717, 1.165) is 13.0 Å². The summed E-state index contributed by atoms with van der Waals surface area (Å²) in [7, 11) is 0. The first-order chi connectivity index (χ1) is 3.43. The smallest absolute Gasteiger partial charge is 0.0458 e. The van der Waals surface area contributed by atoms with E-state index in [2.05, 4.69) is 11.7 Å². The molecule has 0 saturated heterocycles.